The molecule has 2 N–H and O–H groups in total. The minimum absolute atomic E-state index is 0.194. The molecule has 148 valence electrons. The molecule has 0 amide bonds. The van der Waals surface area contributed by atoms with Crippen molar-refractivity contribution in [2.45, 2.75) is 25.7 Å². The van der Waals surface area contributed by atoms with Gasteiger partial charge in [-0.15, -0.1) is 0 Å². The summed E-state index contributed by atoms with van der Waals surface area (Å²) in [5.41, 5.74) is 9.08. The molecule has 0 radical (unpaired) electrons. The van der Waals surface area contributed by atoms with Crippen molar-refractivity contribution in [2.75, 3.05) is 0 Å². The SMILES string of the molecule is N[C@@H](Cc1ccc(C(=O)OCc2ccccc2)cc1)C(=O)OCc1ccccc1. The van der Waals surface area contributed by atoms with Crippen molar-refractivity contribution in [1.29, 1.82) is 0 Å². The van der Waals surface area contributed by atoms with Crippen LogP contribution in [-0.2, 0) is 33.9 Å². The molecule has 1 atom stereocenters. The smallest absolute Gasteiger partial charge is 0.338 e. The lowest BCUT2D eigenvalue weighted by molar-refractivity contribution is -0.146. The Morgan fingerprint density at radius 2 is 1.21 bits per heavy atom. The van der Waals surface area contributed by atoms with Gasteiger partial charge in [-0.2, -0.15) is 0 Å². The minimum Gasteiger partial charge on any atom is -0.460 e. The summed E-state index contributed by atoms with van der Waals surface area (Å²) < 4.78 is 10.6. The Morgan fingerprint density at radius 1 is 0.690 bits per heavy atom. The van der Waals surface area contributed by atoms with E-state index in [1.54, 1.807) is 24.3 Å². The largest absolute Gasteiger partial charge is 0.460 e. The Hall–Kier alpha value is -3.44. The molecular formula is C24H23NO4. The maximum absolute atomic E-state index is 12.2. The highest BCUT2D eigenvalue weighted by atomic mass is 16.5. The van der Waals surface area contributed by atoms with Crippen molar-refractivity contribution in [3.8, 4) is 0 Å². The van der Waals surface area contributed by atoms with Crippen LogP contribution in [0.15, 0.2) is 84.9 Å². The number of benzene rings is 3. The molecule has 0 saturated carbocycles. The molecule has 0 heterocycles. The van der Waals surface area contributed by atoms with Crippen LogP contribution in [0, 0.1) is 0 Å². The summed E-state index contributed by atoms with van der Waals surface area (Å²) >= 11 is 0. The minimum atomic E-state index is -0.769. The van der Waals surface area contributed by atoms with Gasteiger partial charge in [-0.3, -0.25) is 4.79 Å². The molecule has 0 bridgehead atoms. The number of ether oxygens (including phenoxy) is 2. The fourth-order valence-electron chi connectivity index (χ4n) is 2.76. The summed E-state index contributed by atoms with van der Waals surface area (Å²) in [5.74, 6) is -0.854. The summed E-state index contributed by atoms with van der Waals surface area (Å²) in [6.07, 6.45) is 0.326. The number of carbonyl (C=O) groups excluding carboxylic acids is 2. The van der Waals surface area contributed by atoms with Crippen LogP contribution in [0.5, 0.6) is 0 Å². The highest BCUT2D eigenvalue weighted by Gasteiger charge is 2.16. The molecule has 5 heteroatoms. The van der Waals surface area contributed by atoms with Crippen molar-refractivity contribution < 1.29 is 19.1 Å². The number of nitrogens with two attached hydrogens (primary N) is 1. The number of carbonyl (C=O) groups is 2. The third-order valence-electron chi connectivity index (χ3n) is 4.38. The van der Waals surface area contributed by atoms with E-state index < -0.39 is 18.0 Å². The van der Waals surface area contributed by atoms with Gasteiger partial charge in [-0.25, -0.2) is 4.79 Å². The van der Waals surface area contributed by atoms with Crippen LogP contribution in [0.3, 0.4) is 0 Å². The molecule has 5 nitrogen and oxygen atoms in total. The third-order valence-corrected chi connectivity index (χ3v) is 4.38. The maximum atomic E-state index is 12.2. The van der Waals surface area contributed by atoms with E-state index in [1.807, 2.05) is 60.7 Å². The molecule has 0 spiro atoms. The van der Waals surface area contributed by atoms with E-state index in [2.05, 4.69) is 0 Å². The van der Waals surface area contributed by atoms with Crippen molar-refractivity contribution in [2.24, 2.45) is 5.73 Å². The van der Waals surface area contributed by atoms with E-state index in [0.717, 1.165) is 16.7 Å². The monoisotopic (exact) mass is 389 g/mol. The van der Waals surface area contributed by atoms with Gasteiger partial charge in [0.2, 0.25) is 0 Å². The summed E-state index contributed by atoms with van der Waals surface area (Å²) in [5, 5.41) is 0. The van der Waals surface area contributed by atoms with E-state index in [4.69, 9.17) is 15.2 Å². The fraction of sp³-hybridized carbons (Fsp3) is 0.167. The van der Waals surface area contributed by atoms with Crippen LogP contribution in [-0.4, -0.2) is 18.0 Å². The van der Waals surface area contributed by atoms with Gasteiger partial charge in [0, 0.05) is 0 Å². The molecule has 0 aliphatic heterocycles. The van der Waals surface area contributed by atoms with Crippen molar-refractivity contribution in [3.63, 3.8) is 0 Å². The van der Waals surface area contributed by atoms with E-state index in [9.17, 15) is 9.59 Å². The first-order valence-electron chi connectivity index (χ1n) is 9.38. The highest BCUT2D eigenvalue weighted by molar-refractivity contribution is 5.89. The summed E-state index contributed by atoms with van der Waals surface area (Å²) in [6, 6.07) is 25.0. The van der Waals surface area contributed by atoms with Crippen LogP contribution < -0.4 is 5.73 Å². The zero-order valence-corrected chi connectivity index (χ0v) is 16.0. The number of hydrogen-bond donors (Lipinski definition) is 1. The Kier molecular flexibility index (Phi) is 7.14. The van der Waals surface area contributed by atoms with Crippen LogP contribution in [0.2, 0.25) is 0 Å². The zero-order valence-electron chi connectivity index (χ0n) is 16.0. The first-order valence-corrected chi connectivity index (χ1v) is 9.38. The molecular weight excluding hydrogens is 366 g/mol. The predicted octanol–water partition coefficient (Wildman–Crippen LogP) is 3.66. The molecule has 3 rings (SSSR count). The van der Waals surface area contributed by atoms with E-state index >= 15 is 0 Å². The first-order chi connectivity index (χ1) is 14.1. The van der Waals surface area contributed by atoms with Gasteiger partial charge in [0.25, 0.3) is 0 Å². The lowest BCUT2D eigenvalue weighted by atomic mass is 10.0. The first kappa shape index (κ1) is 20.3. The average Bonchev–Trinajstić information content (AvgIpc) is 2.77. The Bertz CT molecular complexity index is 924. The number of rotatable bonds is 8. The van der Waals surface area contributed by atoms with Gasteiger partial charge in [0.1, 0.15) is 19.3 Å². The maximum Gasteiger partial charge on any atom is 0.338 e. The number of esters is 2. The molecule has 29 heavy (non-hydrogen) atoms. The van der Waals surface area contributed by atoms with Crippen LogP contribution in [0.25, 0.3) is 0 Å². The Morgan fingerprint density at radius 3 is 1.76 bits per heavy atom. The van der Waals surface area contributed by atoms with Crippen LogP contribution >= 0.6 is 0 Å². The van der Waals surface area contributed by atoms with Crippen LogP contribution in [0.4, 0.5) is 0 Å². The fourth-order valence-corrected chi connectivity index (χ4v) is 2.76. The van der Waals surface area contributed by atoms with Gasteiger partial charge in [0.05, 0.1) is 5.56 Å². The van der Waals surface area contributed by atoms with Gasteiger partial charge in [-0.05, 0) is 35.2 Å². The zero-order chi connectivity index (χ0) is 20.5. The van der Waals surface area contributed by atoms with Crippen molar-refractivity contribution >= 4 is 11.9 Å². The second kappa shape index (κ2) is 10.2. The standard InChI is InChI=1S/C24H23NO4/c25-22(24(27)29-17-20-9-5-2-6-10-20)15-18-11-13-21(14-12-18)23(26)28-16-19-7-3-1-4-8-19/h1-14,22H,15-17,25H2/t22-/m0/s1. The molecule has 0 aliphatic rings. The predicted molar refractivity (Wildman–Crippen MR) is 110 cm³/mol. The summed E-state index contributed by atoms with van der Waals surface area (Å²) in [6.45, 7) is 0.416. The molecule has 0 fully saturated rings. The Balaban J connectivity index is 1.47. The van der Waals surface area contributed by atoms with Crippen molar-refractivity contribution in [3.05, 3.63) is 107 Å². The normalized spacial score (nSPS) is 11.5. The highest BCUT2D eigenvalue weighted by Crippen LogP contribution is 2.11. The molecule has 3 aromatic carbocycles. The van der Waals surface area contributed by atoms with Crippen LogP contribution in [0.1, 0.15) is 27.0 Å². The van der Waals surface area contributed by atoms with E-state index in [1.165, 1.54) is 0 Å². The Labute approximate surface area is 170 Å². The second-order valence-electron chi connectivity index (χ2n) is 6.66. The average molecular weight is 389 g/mol. The second-order valence-corrected chi connectivity index (χ2v) is 6.66. The third kappa shape index (κ3) is 6.30. The molecule has 0 aromatic heterocycles. The lowest BCUT2D eigenvalue weighted by Gasteiger charge is -2.12. The van der Waals surface area contributed by atoms with E-state index in [0.29, 0.717) is 12.0 Å². The van der Waals surface area contributed by atoms with Gasteiger partial charge in [-0.1, -0.05) is 72.8 Å². The lowest BCUT2D eigenvalue weighted by Crippen LogP contribution is -2.34. The molecule has 0 aliphatic carbocycles. The molecule has 0 saturated heterocycles. The number of hydrogen-bond acceptors (Lipinski definition) is 5. The van der Waals surface area contributed by atoms with E-state index in [-0.39, 0.29) is 13.2 Å². The molecule has 3 aromatic rings. The van der Waals surface area contributed by atoms with Gasteiger partial charge >= 0.3 is 11.9 Å². The summed E-state index contributed by atoms with van der Waals surface area (Å²) in [7, 11) is 0. The molecule has 0 unspecified atom stereocenters. The quantitative estimate of drug-likeness (QED) is 0.595. The topological polar surface area (TPSA) is 78.6 Å². The van der Waals surface area contributed by atoms with Gasteiger partial charge in [0.15, 0.2) is 0 Å². The van der Waals surface area contributed by atoms with Gasteiger partial charge < -0.3 is 15.2 Å². The summed E-state index contributed by atoms with van der Waals surface area (Å²) in [4.78, 5) is 24.3. The van der Waals surface area contributed by atoms with Crippen molar-refractivity contribution in [1.82, 2.24) is 0 Å².